The number of urea groups is 1. The predicted octanol–water partition coefficient (Wildman–Crippen LogP) is 4.64. The maximum Gasteiger partial charge on any atom is 0.322 e. The van der Waals surface area contributed by atoms with Crippen LogP contribution in [-0.2, 0) is 0 Å². The smallest absolute Gasteiger partial charge is 0.322 e. The van der Waals surface area contributed by atoms with Crippen molar-refractivity contribution in [3.63, 3.8) is 0 Å². The third-order valence-electron chi connectivity index (χ3n) is 6.88. The highest BCUT2D eigenvalue weighted by molar-refractivity contribution is 6.09. The number of nitrogens with one attached hydrogen (secondary N) is 3. The van der Waals surface area contributed by atoms with Gasteiger partial charge < -0.3 is 25.6 Å². The number of likely N-dealkylation sites (tertiary alicyclic amines) is 1. The molecule has 33 heavy (non-hydrogen) atoms. The summed E-state index contributed by atoms with van der Waals surface area (Å²) in [7, 11) is 1.62. The maximum absolute atomic E-state index is 13.3. The van der Waals surface area contributed by atoms with Crippen LogP contribution < -0.4 is 20.7 Å². The topological polar surface area (TPSA) is 90.9 Å². The molecule has 8 nitrogen and oxygen atoms in total. The van der Waals surface area contributed by atoms with Gasteiger partial charge in [0.15, 0.2) is 5.82 Å². The standard InChI is InChI=1S/C25H32N6O2/c1-17-10-11-21(33-2)20(15-17)28-24(32)31-14-6-12-25(16-31)23(27-18-7-3-4-8-18)29-22-19(30-25)9-5-13-26-22/h5,9-11,13,15,18,30H,3-4,6-8,12,14,16H2,1-2H3,(H,28,32)(H,26,27,29)/t25-/m1/s1. The number of nitrogens with zero attached hydrogens (tertiary/aromatic N) is 3. The summed E-state index contributed by atoms with van der Waals surface area (Å²) < 4.78 is 5.45. The van der Waals surface area contributed by atoms with Gasteiger partial charge in [-0.3, -0.25) is 4.99 Å². The minimum atomic E-state index is -0.453. The summed E-state index contributed by atoms with van der Waals surface area (Å²) >= 11 is 0. The fourth-order valence-corrected chi connectivity index (χ4v) is 5.16. The first-order valence-electron chi connectivity index (χ1n) is 11.9. The average Bonchev–Trinajstić information content (AvgIpc) is 3.33. The van der Waals surface area contributed by atoms with Crippen LogP contribution in [0, 0.1) is 6.92 Å². The van der Waals surface area contributed by atoms with E-state index in [1.165, 1.54) is 12.8 Å². The number of aliphatic imine (C=N–C) groups is 1. The van der Waals surface area contributed by atoms with E-state index in [2.05, 4.69) is 20.9 Å². The predicted molar refractivity (Wildman–Crippen MR) is 131 cm³/mol. The van der Waals surface area contributed by atoms with E-state index in [-0.39, 0.29) is 6.03 Å². The molecule has 174 valence electrons. The van der Waals surface area contributed by atoms with E-state index >= 15 is 0 Å². The molecule has 2 aromatic rings. The van der Waals surface area contributed by atoms with Crippen LogP contribution in [0.15, 0.2) is 41.5 Å². The fraction of sp³-hybridized carbons (Fsp3) is 0.480. The number of fused-ring (bicyclic) bond motifs is 1. The number of pyridine rings is 1. The number of amidine groups is 1. The molecule has 2 amide bonds. The lowest BCUT2D eigenvalue weighted by atomic mass is 9.85. The molecule has 2 fully saturated rings. The summed E-state index contributed by atoms with van der Waals surface area (Å²) in [6.07, 6.45) is 8.26. The van der Waals surface area contributed by atoms with Gasteiger partial charge in [0.05, 0.1) is 31.1 Å². The highest BCUT2D eigenvalue weighted by Crippen LogP contribution is 2.36. The van der Waals surface area contributed by atoms with Crippen LogP contribution in [0.2, 0.25) is 0 Å². The third kappa shape index (κ3) is 4.34. The van der Waals surface area contributed by atoms with Gasteiger partial charge in [-0.05, 0) is 62.4 Å². The van der Waals surface area contributed by atoms with Gasteiger partial charge in [-0.1, -0.05) is 18.9 Å². The molecule has 3 heterocycles. The van der Waals surface area contributed by atoms with E-state index in [9.17, 15) is 4.79 Å². The Balaban J connectivity index is 1.42. The lowest BCUT2D eigenvalue weighted by molar-refractivity contribution is 0.186. The zero-order chi connectivity index (χ0) is 22.8. The molecule has 3 N–H and O–H groups in total. The molecule has 8 heteroatoms. The lowest BCUT2D eigenvalue weighted by Gasteiger charge is -2.47. The Morgan fingerprint density at radius 1 is 1.27 bits per heavy atom. The molecule has 1 saturated heterocycles. The second-order valence-corrected chi connectivity index (χ2v) is 9.31. The normalized spacial score (nSPS) is 23.7. The molecular formula is C25H32N6O2. The number of piperidine rings is 1. The van der Waals surface area contributed by atoms with Gasteiger partial charge in [0.2, 0.25) is 0 Å². The van der Waals surface area contributed by atoms with E-state index in [4.69, 9.17) is 9.73 Å². The Hall–Kier alpha value is -3.29. The number of rotatable bonds is 3. The van der Waals surface area contributed by atoms with Crippen LogP contribution in [0.1, 0.15) is 44.1 Å². The van der Waals surface area contributed by atoms with Crippen LogP contribution in [0.4, 0.5) is 22.0 Å². The van der Waals surface area contributed by atoms with E-state index < -0.39 is 5.54 Å². The molecule has 5 rings (SSSR count). The van der Waals surface area contributed by atoms with Crippen molar-refractivity contribution in [1.82, 2.24) is 9.88 Å². The van der Waals surface area contributed by atoms with Crippen molar-refractivity contribution in [2.45, 2.75) is 57.0 Å². The minimum absolute atomic E-state index is 0.128. The summed E-state index contributed by atoms with van der Waals surface area (Å²) in [5, 5.41) is 10.3. The molecule has 1 atom stereocenters. The Kier molecular flexibility index (Phi) is 5.83. The number of hydrogen-bond donors (Lipinski definition) is 3. The fourth-order valence-electron chi connectivity index (χ4n) is 5.16. The van der Waals surface area contributed by atoms with Crippen LogP contribution in [0.3, 0.4) is 0 Å². The number of benzene rings is 1. The number of carbonyl (C=O) groups is 1. The zero-order valence-corrected chi connectivity index (χ0v) is 19.4. The van der Waals surface area contributed by atoms with Crippen LogP contribution in [0.25, 0.3) is 0 Å². The summed E-state index contributed by atoms with van der Waals surface area (Å²) in [5.41, 5.74) is 2.25. The largest absolute Gasteiger partial charge is 0.495 e. The number of anilines is 3. The first-order chi connectivity index (χ1) is 16.1. The van der Waals surface area contributed by atoms with Crippen LogP contribution in [-0.4, -0.2) is 53.5 Å². The van der Waals surface area contributed by atoms with Crippen LogP contribution >= 0.6 is 0 Å². The van der Waals surface area contributed by atoms with Crippen molar-refractivity contribution >= 4 is 29.1 Å². The molecule has 1 aliphatic carbocycles. The maximum atomic E-state index is 13.3. The number of hydrogen-bond acceptors (Lipinski definition) is 5. The second kappa shape index (κ2) is 8.92. The monoisotopic (exact) mass is 448 g/mol. The number of ether oxygens (including phenoxy) is 1. The van der Waals surface area contributed by atoms with Crippen molar-refractivity contribution < 1.29 is 9.53 Å². The summed E-state index contributed by atoms with van der Waals surface area (Å²) in [5.74, 6) is 2.36. The Labute approximate surface area is 194 Å². The molecule has 0 radical (unpaired) electrons. The van der Waals surface area contributed by atoms with E-state index in [1.807, 2.05) is 42.2 Å². The van der Waals surface area contributed by atoms with Gasteiger partial charge in [0.1, 0.15) is 17.1 Å². The molecule has 0 bridgehead atoms. The lowest BCUT2D eigenvalue weighted by Crippen LogP contribution is -2.63. The van der Waals surface area contributed by atoms with Gasteiger partial charge in [-0.2, -0.15) is 0 Å². The van der Waals surface area contributed by atoms with Gasteiger partial charge in [0, 0.05) is 12.7 Å². The third-order valence-corrected chi connectivity index (χ3v) is 6.88. The van der Waals surface area contributed by atoms with Crippen molar-refractivity contribution in [2.75, 3.05) is 36.1 Å². The van der Waals surface area contributed by atoms with Crippen molar-refractivity contribution in [2.24, 2.45) is 4.99 Å². The number of carbonyl (C=O) groups excluding carboxylic acids is 1. The molecular weight excluding hydrogens is 416 g/mol. The summed E-state index contributed by atoms with van der Waals surface area (Å²) in [6, 6.07) is 9.95. The zero-order valence-electron chi connectivity index (χ0n) is 19.4. The Bertz CT molecular complexity index is 1060. The molecule has 2 aliphatic heterocycles. The highest BCUT2D eigenvalue weighted by atomic mass is 16.5. The number of amides is 2. The van der Waals surface area contributed by atoms with Gasteiger partial charge in [0.25, 0.3) is 0 Å². The molecule has 3 aliphatic rings. The van der Waals surface area contributed by atoms with Crippen molar-refractivity contribution in [3.05, 3.63) is 42.1 Å². The van der Waals surface area contributed by atoms with E-state index in [0.717, 1.165) is 48.6 Å². The van der Waals surface area contributed by atoms with Gasteiger partial charge in [-0.25, -0.2) is 9.78 Å². The highest BCUT2D eigenvalue weighted by Gasteiger charge is 2.45. The first kappa shape index (κ1) is 21.6. The molecule has 0 unspecified atom stereocenters. The molecule has 1 aromatic carbocycles. The molecule has 1 spiro atoms. The quantitative estimate of drug-likeness (QED) is 0.636. The average molecular weight is 449 g/mol. The molecule has 1 aromatic heterocycles. The number of aromatic nitrogens is 1. The number of methoxy groups -OCH3 is 1. The van der Waals surface area contributed by atoms with Crippen LogP contribution in [0.5, 0.6) is 5.75 Å². The van der Waals surface area contributed by atoms with Gasteiger partial charge >= 0.3 is 6.03 Å². The van der Waals surface area contributed by atoms with Gasteiger partial charge in [-0.15, -0.1) is 0 Å². The Morgan fingerprint density at radius 3 is 2.94 bits per heavy atom. The molecule has 1 saturated carbocycles. The summed E-state index contributed by atoms with van der Waals surface area (Å²) in [6.45, 7) is 3.22. The van der Waals surface area contributed by atoms with Crippen molar-refractivity contribution in [1.29, 1.82) is 0 Å². The minimum Gasteiger partial charge on any atom is -0.495 e. The summed E-state index contributed by atoms with van der Waals surface area (Å²) in [4.78, 5) is 24.9. The SMILES string of the molecule is COc1ccc(C)cc1NC(=O)N1CCC[C@]2(C1)Nc1cccnc1NC2=NC1CCCC1. The number of aryl methyl sites for hydroxylation is 1. The second-order valence-electron chi connectivity index (χ2n) is 9.31. The van der Waals surface area contributed by atoms with Crippen molar-refractivity contribution in [3.8, 4) is 5.75 Å². The Morgan fingerprint density at radius 2 is 2.12 bits per heavy atom. The van der Waals surface area contributed by atoms with E-state index in [0.29, 0.717) is 30.6 Å². The van der Waals surface area contributed by atoms with E-state index in [1.54, 1.807) is 13.3 Å². The first-order valence-corrected chi connectivity index (χ1v) is 11.9.